The summed E-state index contributed by atoms with van der Waals surface area (Å²) in [6.07, 6.45) is 0.447. The van der Waals surface area contributed by atoms with Gasteiger partial charge in [0.25, 0.3) is 0 Å². The summed E-state index contributed by atoms with van der Waals surface area (Å²) in [7, 11) is 0. The van der Waals surface area contributed by atoms with E-state index < -0.39 is 23.6 Å². The van der Waals surface area contributed by atoms with Crippen molar-refractivity contribution < 1.29 is 13.6 Å². The topological polar surface area (TPSA) is 81.1 Å². The van der Waals surface area contributed by atoms with Crippen LogP contribution in [0.3, 0.4) is 0 Å². The van der Waals surface area contributed by atoms with Crippen LogP contribution in [-0.4, -0.2) is 11.9 Å². The Morgan fingerprint density at radius 3 is 2.56 bits per heavy atom. The lowest BCUT2D eigenvalue weighted by atomic mass is 10.0. The summed E-state index contributed by atoms with van der Waals surface area (Å²) in [6, 6.07) is 1.29. The van der Waals surface area contributed by atoms with Crippen molar-refractivity contribution in [3.8, 4) is 0 Å². The fourth-order valence-corrected chi connectivity index (χ4v) is 1.52. The number of nitrogens with two attached hydrogens (primary N) is 2. The molecule has 0 saturated heterocycles. The van der Waals surface area contributed by atoms with Gasteiger partial charge in [-0.3, -0.25) is 4.79 Å². The molecule has 0 heterocycles. The highest BCUT2D eigenvalue weighted by molar-refractivity contribution is 5.97. The van der Waals surface area contributed by atoms with Gasteiger partial charge in [-0.1, -0.05) is 13.8 Å². The first-order valence-electron chi connectivity index (χ1n) is 5.62. The number of nitrogens with one attached hydrogen (secondary N) is 1. The van der Waals surface area contributed by atoms with E-state index in [0.717, 1.165) is 6.07 Å². The smallest absolute Gasteiger partial charge is 0.241 e. The quantitative estimate of drug-likeness (QED) is 0.720. The molecule has 1 rings (SSSR count). The lowest BCUT2D eigenvalue weighted by Crippen LogP contribution is -2.37. The van der Waals surface area contributed by atoms with Crippen molar-refractivity contribution in [2.75, 3.05) is 11.1 Å². The molecule has 0 unspecified atom stereocenters. The van der Waals surface area contributed by atoms with E-state index in [1.165, 1.54) is 6.07 Å². The van der Waals surface area contributed by atoms with Crippen molar-refractivity contribution in [3.63, 3.8) is 0 Å². The zero-order valence-electron chi connectivity index (χ0n) is 10.3. The molecule has 0 fully saturated rings. The van der Waals surface area contributed by atoms with E-state index in [1.54, 1.807) is 0 Å². The summed E-state index contributed by atoms with van der Waals surface area (Å²) in [5.74, 6) is -2.61. The predicted octanol–water partition coefficient (Wildman–Crippen LogP) is 1.86. The van der Waals surface area contributed by atoms with Gasteiger partial charge in [0.15, 0.2) is 11.6 Å². The Bertz CT molecular complexity index is 449. The van der Waals surface area contributed by atoms with Crippen LogP contribution in [0.25, 0.3) is 0 Å². The van der Waals surface area contributed by atoms with Gasteiger partial charge >= 0.3 is 0 Å². The second-order valence-electron chi connectivity index (χ2n) is 4.55. The zero-order valence-corrected chi connectivity index (χ0v) is 10.3. The van der Waals surface area contributed by atoms with Crippen molar-refractivity contribution >= 4 is 17.3 Å². The second-order valence-corrected chi connectivity index (χ2v) is 4.55. The Kier molecular flexibility index (Phi) is 4.61. The molecule has 0 bridgehead atoms. The van der Waals surface area contributed by atoms with Gasteiger partial charge in [0.1, 0.15) is 5.69 Å². The molecule has 0 aliphatic heterocycles. The maximum absolute atomic E-state index is 13.4. The summed E-state index contributed by atoms with van der Waals surface area (Å²) in [6.45, 7) is 3.81. The van der Waals surface area contributed by atoms with Gasteiger partial charge in [-0.25, -0.2) is 8.78 Å². The summed E-state index contributed by atoms with van der Waals surface area (Å²) >= 11 is 0. The highest BCUT2D eigenvalue weighted by Crippen LogP contribution is 2.24. The molecule has 0 saturated carbocycles. The number of hydrogen-bond acceptors (Lipinski definition) is 3. The summed E-state index contributed by atoms with van der Waals surface area (Å²) in [5.41, 5.74) is 10.7. The van der Waals surface area contributed by atoms with Gasteiger partial charge in [0.2, 0.25) is 5.91 Å². The first-order chi connectivity index (χ1) is 8.32. The average Bonchev–Trinajstić information content (AvgIpc) is 2.28. The number of carbonyl (C=O) groups is 1. The van der Waals surface area contributed by atoms with E-state index in [1.807, 2.05) is 13.8 Å². The molecule has 1 aromatic rings. The van der Waals surface area contributed by atoms with Crippen molar-refractivity contribution in [2.24, 2.45) is 11.7 Å². The zero-order chi connectivity index (χ0) is 13.9. The van der Waals surface area contributed by atoms with Gasteiger partial charge in [-0.2, -0.15) is 0 Å². The Balaban J connectivity index is 2.85. The van der Waals surface area contributed by atoms with E-state index >= 15 is 0 Å². The van der Waals surface area contributed by atoms with Gasteiger partial charge in [-0.15, -0.1) is 0 Å². The van der Waals surface area contributed by atoms with Crippen LogP contribution in [0.1, 0.15) is 20.3 Å². The second kappa shape index (κ2) is 5.77. The molecule has 0 radical (unpaired) electrons. The molecule has 5 N–H and O–H groups in total. The highest BCUT2D eigenvalue weighted by Gasteiger charge is 2.19. The monoisotopic (exact) mass is 257 g/mol. The lowest BCUT2D eigenvalue weighted by Gasteiger charge is -2.15. The van der Waals surface area contributed by atoms with Crippen molar-refractivity contribution in [1.82, 2.24) is 0 Å². The maximum atomic E-state index is 13.4. The first-order valence-corrected chi connectivity index (χ1v) is 5.62. The number of benzene rings is 1. The van der Waals surface area contributed by atoms with Gasteiger partial charge in [0, 0.05) is 0 Å². The van der Waals surface area contributed by atoms with Crippen LogP contribution < -0.4 is 16.8 Å². The van der Waals surface area contributed by atoms with Crippen molar-refractivity contribution in [2.45, 2.75) is 26.3 Å². The predicted molar refractivity (Wildman–Crippen MR) is 66.8 cm³/mol. The molecule has 18 heavy (non-hydrogen) atoms. The standard InChI is InChI=1S/C12H17F2N3O/c1-6(2)5-9(16)12(18)17-11-8(15)4-3-7(13)10(11)14/h3-4,6,9H,5,15-16H2,1-2H3,(H,17,18)/t9-/m0/s1. The lowest BCUT2D eigenvalue weighted by molar-refractivity contribution is -0.117. The molecule has 4 nitrogen and oxygen atoms in total. The third-order valence-corrected chi connectivity index (χ3v) is 2.44. The van der Waals surface area contributed by atoms with Gasteiger partial charge in [0.05, 0.1) is 11.7 Å². The number of rotatable bonds is 4. The largest absolute Gasteiger partial charge is 0.397 e. The van der Waals surface area contributed by atoms with Crippen LogP contribution in [0, 0.1) is 17.6 Å². The van der Waals surface area contributed by atoms with E-state index in [0.29, 0.717) is 6.42 Å². The Hall–Kier alpha value is -1.69. The molecular weight excluding hydrogens is 240 g/mol. The SMILES string of the molecule is CC(C)C[C@H](N)C(=O)Nc1c(N)ccc(F)c1F. The number of carbonyl (C=O) groups excluding carboxylic acids is 1. The van der Waals surface area contributed by atoms with Gasteiger partial charge < -0.3 is 16.8 Å². The van der Waals surface area contributed by atoms with E-state index in [2.05, 4.69) is 5.32 Å². The molecule has 0 spiro atoms. The fraction of sp³-hybridized carbons (Fsp3) is 0.417. The Labute approximate surface area is 104 Å². The Morgan fingerprint density at radius 2 is 2.00 bits per heavy atom. The molecule has 1 atom stereocenters. The Morgan fingerprint density at radius 1 is 1.39 bits per heavy atom. The fourth-order valence-electron chi connectivity index (χ4n) is 1.52. The number of anilines is 2. The number of amides is 1. The van der Waals surface area contributed by atoms with E-state index in [9.17, 15) is 13.6 Å². The highest BCUT2D eigenvalue weighted by atomic mass is 19.2. The van der Waals surface area contributed by atoms with Crippen molar-refractivity contribution in [3.05, 3.63) is 23.8 Å². The molecule has 1 amide bonds. The normalized spacial score (nSPS) is 12.6. The van der Waals surface area contributed by atoms with E-state index in [-0.39, 0.29) is 17.3 Å². The minimum atomic E-state index is -1.18. The number of halogens is 2. The maximum Gasteiger partial charge on any atom is 0.241 e. The number of hydrogen-bond donors (Lipinski definition) is 3. The summed E-state index contributed by atoms with van der Waals surface area (Å²) in [5, 5.41) is 2.22. The third-order valence-electron chi connectivity index (χ3n) is 2.44. The van der Waals surface area contributed by atoms with Crippen LogP contribution in [0.4, 0.5) is 20.2 Å². The van der Waals surface area contributed by atoms with Crippen LogP contribution in [0.5, 0.6) is 0 Å². The molecule has 0 aliphatic carbocycles. The first kappa shape index (κ1) is 14.4. The molecule has 0 aliphatic rings. The molecular formula is C12H17F2N3O. The summed E-state index contributed by atoms with van der Waals surface area (Å²) in [4.78, 5) is 11.7. The third kappa shape index (κ3) is 3.40. The molecule has 6 heteroatoms. The van der Waals surface area contributed by atoms with Gasteiger partial charge in [-0.05, 0) is 24.5 Å². The van der Waals surface area contributed by atoms with E-state index in [4.69, 9.17) is 11.5 Å². The van der Waals surface area contributed by atoms with Crippen molar-refractivity contribution in [1.29, 1.82) is 0 Å². The molecule has 1 aromatic carbocycles. The van der Waals surface area contributed by atoms with Crippen LogP contribution >= 0.6 is 0 Å². The van der Waals surface area contributed by atoms with Crippen LogP contribution in [0.2, 0.25) is 0 Å². The summed E-state index contributed by atoms with van der Waals surface area (Å²) < 4.78 is 26.4. The minimum Gasteiger partial charge on any atom is -0.397 e. The van der Waals surface area contributed by atoms with Crippen LogP contribution in [-0.2, 0) is 4.79 Å². The minimum absolute atomic E-state index is 0.0426. The number of nitrogen functional groups attached to an aromatic ring is 1. The average molecular weight is 257 g/mol. The molecule has 100 valence electrons. The van der Waals surface area contributed by atoms with Crippen LogP contribution in [0.15, 0.2) is 12.1 Å². The molecule has 0 aromatic heterocycles.